The van der Waals surface area contributed by atoms with Crippen LogP contribution >= 0.6 is 23.4 Å². The number of halogens is 1. The Morgan fingerprint density at radius 1 is 1.33 bits per heavy atom. The largest absolute Gasteiger partial charge is 0.461 e. The van der Waals surface area contributed by atoms with Gasteiger partial charge in [-0.05, 0) is 25.0 Å². The average molecular weight is 491 g/mol. The number of anilines is 1. The quantitative estimate of drug-likeness (QED) is 0.423. The van der Waals surface area contributed by atoms with E-state index in [0.29, 0.717) is 23.6 Å². The van der Waals surface area contributed by atoms with Crippen LogP contribution in [-0.4, -0.2) is 70.1 Å². The molecule has 2 bridgehead atoms. The lowest BCUT2D eigenvalue weighted by Crippen LogP contribution is -2.55. The van der Waals surface area contributed by atoms with Gasteiger partial charge in [0.25, 0.3) is 5.91 Å². The van der Waals surface area contributed by atoms with Crippen LogP contribution in [0.4, 0.5) is 5.69 Å². The number of thioether (sulfide) groups is 1. The number of ether oxygens (including phenoxy) is 1. The molecule has 0 aliphatic carbocycles. The highest BCUT2D eigenvalue weighted by Crippen LogP contribution is 2.66. The molecular formula is C24H27ClN2O5S. The van der Waals surface area contributed by atoms with E-state index < -0.39 is 28.6 Å². The van der Waals surface area contributed by atoms with Crippen LogP contribution in [0, 0.1) is 11.8 Å². The van der Waals surface area contributed by atoms with Crippen molar-refractivity contribution in [1.82, 2.24) is 4.90 Å². The normalized spacial score (nSPS) is 29.6. The lowest BCUT2D eigenvalue weighted by Gasteiger charge is -2.37. The van der Waals surface area contributed by atoms with Gasteiger partial charge in [-0.25, -0.2) is 0 Å². The Bertz CT molecular complexity index is 987. The van der Waals surface area contributed by atoms with E-state index in [1.165, 1.54) is 15.9 Å². The standard InChI is InChI=1S/C24H27ClN2O5S/c1-3-11-26(16-8-6-5-7-15(16)25)22(30)20-24-10-9-17(33-24)18(23(31)32-14-4-2)19(24)21(29)27(20)12-13-28/h3-8,17-20,28H,1-2,9-14H2/t17-,18+,19+,20?,24?/m1/s1. The van der Waals surface area contributed by atoms with Gasteiger partial charge >= 0.3 is 5.97 Å². The summed E-state index contributed by atoms with van der Waals surface area (Å²) in [6, 6.07) is 6.20. The summed E-state index contributed by atoms with van der Waals surface area (Å²) >= 11 is 7.96. The molecule has 9 heteroatoms. The number of aliphatic hydroxyl groups is 1. The molecule has 2 unspecified atom stereocenters. The maximum absolute atomic E-state index is 14.1. The first-order valence-corrected chi connectivity index (χ1v) is 12.2. The van der Waals surface area contributed by atoms with Gasteiger partial charge in [-0.15, -0.1) is 18.3 Å². The first kappa shape index (κ1) is 23.9. The van der Waals surface area contributed by atoms with Gasteiger partial charge in [-0.2, -0.15) is 0 Å². The molecule has 3 aliphatic heterocycles. The minimum atomic E-state index is -0.828. The van der Waals surface area contributed by atoms with Crippen molar-refractivity contribution >= 4 is 46.8 Å². The average Bonchev–Trinajstić information content (AvgIpc) is 3.44. The summed E-state index contributed by atoms with van der Waals surface area (Å²) in [7, 11) is 0. The third-order valence-corrected chi connectivity index (χ3v) is 8.98. The Morgan fingerprint density at radius 2 is 2.09 bits per heavy atom. The van der Waals surface area contributed by atoms with Crippen LogP contribution in [0.2, 0.25) is 5.02 Å². The molecule has 2 amide bonds. The van der Waals surface area contributed by atoms with E-state index in [1.54, 1.807) is 42.1 Å². The minimum absolute atomic E-state index is 0.0115. The number of esters is 1. The SMILES string of the molecule is C=CCOC(=O)[C@@H]1[C@H]2C(=O)N(CCO)C(C(=O)N(CC=C)c3ccccc3Cl)C23CC[C@H]1S3. The van der Waals surface area contributed by atoms with E-state index in [0.717, 1.165) is 0 Å². The summed E-state index contributed by atoms with van der Waals surface area (Å²) in [5.41, 5.74) is 0.528. The van der Waals surface area contributed by atoms with E-state index in [9.17, 15) is 19.5 Å². The van der Waals surface area contributed by atoms with E-state index in [1.807, 2.05) is 0 Å². The molecule has 3 heterocycles. The van der Waals surface area contributed by atoms with Gasteiger partial charge < -0.3 is 19.6 Å². The zero-order chi connectivity index (χ0) is 23.8. The minimum Gasteiger partial charge on any atom is -0.461 e. The number of likely N-dealkylation sites (tertiary alicyclic amines) is 1. The van der Waals surface area contributed by atoms with E-state index >= 15 is 0 Å². The molecule has 0 radical (unpaired) electrons. The van der Waals surface area contributed by atoms with E-state index in [2.05, 4.69) is 13.2 Å². The summed E-state index contributed by atoms with van der Waals surface area (Å²) < 4.78 is 4.57. The Balaban J connectivity index is 1.75. The highest BCUT2D eigenvalue weighted by molar-refractivity contribution is 8.02. The van der Waals surface area contributed by atoms with E-state index in [4.69, 9.17) is 16.3 Å². The molecule has 3 aliphatic rings. The molecule has 4 rings (SSSR count). The molecule has 0 saturated carbocycles. The number of β-amino-alcohol motifs (C(OH)–C–C–N with tert-alkyl or cyclic N) is 1. The topological polar surface area (TPSA) is 87.1 Å². The molecule has 1 N–H and O–H groups in total. The summed E-state index contributed by atoms with van der Waals surface area (Å²) in [4.78, 5) is 43.6. The summed E-state index contributed by atoms with van der Waals surface area (Å²) in [6.45, 7) is 7.36. The number of fused-ring (bicyclic) bond motifs is 1. The van der Waals surface area contributed by atoms with Gasteiger partial charge in [-0.3, -0.25) is 14.4 Å². The van der Waals surface area contributed by atoms with Crippen LogP contribution in [0.15, 0.2) is 49.6 Å². The number of hydrogen-bond donors (Lipinski definition) is 1. The van der Waals surface area contributed by atoms with Crippen molar-refractivity contribution in [2.45, 2.75) is 28.9 Å². The van der Waals surface area contributed by atoms with Gasteiger partial charge in [0.05, 0.1) is 33.9 Å². The number of para-hydroxylation sites is 1. The number of carbonyl (C=O) groups excluding carboxylic acids is 3. The molecule has 3 fully saturated rings. The van der Waals surface area contributed by atoms with Gasteiger partial charge in [0.2, 0.25) is 5.91 Å². The van der Waals surface area contributed by atoms with Crippen LogP contribution in [0.5, 0.6) is 0 Å². The van der Waals surface area contributed by atoms with Crippen LogP contribution in [0.25, 0.3) is 0 Å². The highest BCUT2D eigenvalue weighted by atomic mass is 35.5. The molecule has 3 saturated heterocycles. The highest BCUT2D eigenvalue weighted by Gasteiger charge is 2.74. The first-order chi connectivity index (χ1) is 15.9. The number of carbonyl (C=O) groups is 3. The molecule has 7 nitrogen and oxygen atoms in total. The third kappa shape index (κ3) is 3.78. The number of aliphatic hydroxyl groups excluding tert-OH is 1. The number of hydrogen-bond acceptors (Lipinski definition) is 6. The number of rotatable bonds is 9. The summed E-state index contributed by atoms with van der Waals surface area (Å²) in [6.07, 6.45) is 4.45. The molecule has 1 spiro atoms. The van der Waals surface area contributed by atoms with E-state index in [-0.39, 0.29) is 43.4 Å². The van der Waals surface area contributed by atoms with Crippen molar-refractivity contribution in [1.29, 1.82) is 0 Å². The van der Waals surface area contributed by atoms with Gasteiger partial charge in [0.15, 0.2) is 0 Å². The Labute approximate surface area is 202 Å². The third-order valence-electron chi connectivity index (χ3n) is 6.71. The molecule has 5 atom stereocenters. The maximum atomic E-state index is 14.1. The lowest BCUT2D eigenvalue weighted by atomic mass is 9.71. The monoisotopic (exact) mass is 490 g/mol. The Hall–Kier alpha value is -2.29. The number of amides is 2. The fourth-order valence-electron chi connectivity index (χ4n) is 5.54. The second kappa shape index (κ2) is 9.52. The molecular weight excluding hydrogens is 464 g/mol. The van der Waals surface area contributed by atoms with Crippen molar-refractivity contribution in [3.05, 3.63) is 54.6 Å². The number of nitrogens with zero attached hydrogens (tertiary/aromatic N) is 2. The van der Waals surface area contributed by atoms with Crippen molar-refractivity contribution in [2.75, 3.05) is 31.2 Å². The predicted octanol–water partition coefficient (Wildman–Crippen LogP) is 2.67. The number of benzene rings is 1. The van der Waals surface area contributed by atoms with Gasteiger partial charge in [-0.1, -0.05) is 42.5 Å². The van der Waals surface area contributed by atoms with Gasteiger partial charge in [0, 0.05) is 18.3 Å². The van der Waals surface area contributed by atoms with Crippen molar-refractivity contribution in [3.63, 3.8) is 0 Å². The van der Waals surface area contributed by atoms with Crippen molar-refractivity contribution < 1.29 is 24.2 Å². The predicted molar refractivity (Wildman–Crippen MR) is 128 cm³/mol. The first-order valence-electron chi connectivity index (χ1n) is 10.9. The molecule has 176 valence electrons. The smallest absolute Gasteiger partial charge is 0.311 e. The van der Waals surface area contributed by atoms with Crippen LogP contribution in [0.1, 0.15) is 12.8 Å². The summed E-state index contributed by atoms with van der Waals surface area (Å²) in [5, 5.41) is 10.0. The summed E-state index contributed by atoms with van der Waals surface area (Å²) in [5.74, 6) is -2.30. The molecule has 0 aromatic heterocycles. The Kier molecular flexibility index (Phi) is 6.88. The fraction of sp³-hybridized carbons (Fsp3) is 0.458. The van der Waals surface area contributed by atoms with Gasteiger partial charge in [0.1, 0.15) is 12.6 Å². The van der Waals surface area contributed by atoms with Crippen LogP contribution in [0.3, 0.4) is 0 Å². The molecule has 1 aromatic carbocycles. The zero-order valence-corrected chi connectivity index (χ0v) is 19.8. The Morgan fingerprint density at radius 3 is 2.76 bits per heavy atom. The fourth-order valence-corrected chi connectivity index (χ4v) is 7.98. The zero-order valence-electron chi connectivity index (χ0n) is 18.2. The second-order valence-electron chi connectivity index (χ2n) is 8.42. The molecule has 1 aromatic rings. The maximum Gasteiger partial charge on any atom is 0.311 e. The molecule has 33 heavy (non-hydrogen) atoms. The van der Waals surface area contributed by atoms with Crippen molar-refractivity contribution in [3.8, 4) is 0 Å². The second-order valence-corrected chi connectivity index (χ2v) is 10.4. The van der Waals surface area contributed by atoms with Crippen molar-refractivity contribution in [2.24, 2.45) is 11.8 Å². The van der Waals surface area contributed by atoms with Crippen LogP contribution in [-0.2, 0) is 19.1 Å². The lowest BCUT2D eigenvalue weighted by molar-refractivity contribution is -0.153. The van der Waals surface area contributed by atoms with Crippen LogP contribution < -0.4 is 4.90 Å².